The second kappa shape index (κ2) is 10.9. The first-order valence-electron chi connectivity index (χ1n) is 4.48. The van der Waals surface area contributed by atoms with Gasteiger partial charge in [-0.15, -0.1) is 24.8 Å². The number of piperazine rings is 1. The fourth-order valence-electron chi connectivity index (χ4n) is 1.42. The topological polar surface area (TPSA) is 76.2 Å². The van der Waals surface area contributed by atoms with E-state index in [4.69, 9.17) is 9.84 Å². The van der Waals surface area contributed by atoms with Gasteiger partial charge < -0.3 is 20.6 Å². The van der Waals surface area contributed by atoms with E-state index in [1.807, 2.05) is 6.92 Å². The zero-order valence-electron chi connectivity index (χ0n) is 9.10. The average molecular weight is 265 g/mol. The van der Waals surface area contributed by atoms with Crippen LogP contribution in [-0.2, 0) is 4.74 Å². The zero-order valence-corrected chi connectivity index (χ0v) is 10.7. The van der Waals surface area contributed by atoms with Crippen LogP contribution in [0, 0.1) is 0 Å². The molecule has 0 spiro atoms. The average Bonchev–Trinajstić information content (AvgIpc) is 2.05. The summed E-state index contributed by atoms with van der Waals surface area (Å²) in [6, 6.07) is 0. The smallest absolute Gasteiger partial charge is 0.153 e. The third-order valence-electron chi connectivity index (χ3n) is 2.06. The van der Waals surface area contributed by atoms with Crippen LogP contribution in [-0.4, -0.2) is 54.2 Å². The minimum atomic E-state index is -0.671. The minimum Gasteiger partial charge on any atom is -0.412 e. The van der Waals surface area contributed by atoms with E-state index >= 15 is 0 Å². The molecular formula is C8H22Cl2N2O3. The molecule has 0 amide bonds. The molecular weight excluding hydrogens is 243 g/mol. The summed E-state index contributed by atoms with van der Waals surface area (Å²) in [5.74, 6) is 0. The first-order chi connectivity index (χ1) is 5.70. The van der Waals surface area contributed by atoms with Crippen LogP contribution in [0.4, 0.5) is 0 Å². The number of rotatable bonds is 3. The van der Waals surface area contributed by atoms with Crippen molar-refractivity contribution in [1.29, 1.82) is 0 Å². The van der Waals surface area contributed by atoms with E-state index in [2.05, 4.69) is 10.2 Å². The molecule has 1 saturated heterocycles. The van der Waals surface area contributed by atoms with Crippen LogP contribution in [0.15, 0.2) is 0 Å². The number of nitrogens with zero attached hydrogens (tertiary/aromatic N) is 1. The summed E-state index contributed by atoms with van der Waals surface area (Å²) in [5, 5.41) is 12.3. The molecule has 0 bridgehead atoms. The van der Waals surface area contributed by atoms with Crippen LogP contribution >= 0.6 is 24.8 Å². The van der Waals surface area contributed by atoms with Crippen molar-refractivity contribution in [3.05, 3.63) is 0 Å². The fraction of sp³-hybridized carbons (Fsp3) is 1.00. The molecule has 0 aliphatic carbocycles. The lowest BCUT2D eigenvalue weighted by Crippen LogP contribution is -2.48. The maximum Gasteiger partial charge on any atom is 0.153 e. The highest BCUT2D eigenvalue weighted by Crippen LogP contribution is 2.03. The maximum atomic E-state index is 8.99. The van der Waals surface area contributed by atoms with Gasteiger partial charge in [0.2, 0.25) is 0 Å². The van der Waals surface area contributed by atoms with Crippen molar-refractivity contribution in [3.63, 3.8) is 0 Å². The number of nitrogens with one attached hydrogen (secondary N) is 1. The summed E-state index contributed by atoms with van der Waals surface area (Å²) in [6.45, 7) is 7.61. The molecule has 7 heteroatoms. The Morgan fingerprint density at radius 2 is 1.67 bits per heavy atom. The van der Waals surface area contributed by atoms with Gasteiger partial charge in [-0.2, -0.15) is 0 Å². The number of halogens is 2. The molecule has 2 unspecified atom stereocenters. The highest BCUT2D eigenvalue weighted by Gasteiger charge is 2.17. The van der Waals surface area contributed by atoms with Gasteiger partial charge in [0.15, 0.2) is 6.29 Å². The van der Waals surface area contributed by atoms with Crippen molar-refractivity contribution < 1.29 is 15.3 Å². The lowest BCUT2D eigenvalue weighted by Gasteiger charge is -2.33. The van der Waals surface area contributed by atoms with Crippen LogP contribution in [0.2, 0.25) is 0 Å². The van der Waals surface area contributed by atoms with E-state index in [1.54, 1.807) is 6.92 Å². The lowest BCUT2D eigenvalue weighted by atomic mass is 10.3. The number of aliphatic hydroxyl groups is 1. The van der Waals surface area contributed by atoms with Gasteiger partial charge in [0.25, 0.3) is 0 Å². The summed E-state index contributed by atoms with van der Waals surface area (Å²) in [6.07, 6.45) is -0.651. The number of hydrogen-bond donors (Lipinski definition) is 2. The molecule has 96 valence electrons. The number of ether oxygens (including phenoxy) is 1. The second-order valence-corrected chi connectivity index (χ2v) is 3.12. The predicted molar refractivity (Wildman–Crippen MR) is 64.8 cm³/mol. The van der Waals surface area contributed by atoms with Crippen molar-refractivity contribution in [2.45, 2.75) is 26.4 Å². The Balaban J connectivity index is -0.000000480. The van der Waals surface area contributed by atoms with E-state index in [0.29, 0.717) is 0 Å². The normalized spacial score (nSPS) is 20.2. The zero-order chi connectivity index (χ0) is 8.97. The Bertz CT molecular complexity index is 135. The molecule has 1 heterocycles. The van der Waals surface area contributed by atoms with Gasteiger partial charge in [-0.1, -0.05) is 0 Å². The number of aliphatic hydroxyl groups excluding tert-OH is 1. The molecule has 5 nitrogen and oxygen atoms in total. The first-order valence-corrected chi connectivity index (χ1v) is 4.48. The SMILES string of the molecule is CC(O)OC(C)N1CCNCC1.Cl.Cl.O. The van der Waals surface area contributed by atoms with Crippen molar-refractivity contribution in [1.82, 2.24) is 10.2 Å². The summed E-state index contributed by atoms with van der Waals surface area (Å²) in [5.41, 5.74) is 0. The summed E-state index contributed by atoms with van der Waals surface area (Å²) in [4.78, 5) is 2.21. The van der Waals surface area contributed by atoms with Crippen LogP contribution in [0.5, 0.6) is 0 Å². The van der Waals surface area contributed by atoms with Crippen LogP contribution in [0.25, 0.3) is 0 Å². The lowest BCUT2D eigenvalue weighted by molar-refractivity contribution is -0.167. The molecule has 0 aromatic rings. The van der Waals surface area contributed by atoms with E-state index in [9.17, 15) is 0 Å². The van der Waals surface area contributed by atoms with Crippen LogP contribution in [0.3, 0.4) is 0 Å². The third-order valence-corrected chi connectivity index (χ3v) is 2.06. The molecule has 1 rings (SSSR count). The molecule has 0 saturated carbocycles. The first kappa shape index (κ1) is 20.8. The Hall–Kier alpha value is 0.380. The summed E-state index contributed by atoms with van der Waals surface area (Å²) >= 11 is 0. The van der Waals surface area contributed by atoms with Crippen molar-refractivity contribution in [3.8, 4) is 0 Å². The van der Waals surface area contributed by atoms with Gasteiger partial charge in [-0.25, -0.2) is 0 Å². The molecule has 4 N–H and O–H groups in total. The monoisotopic (exact) mass is 264 g/mol. The van der Waals surface area contributed by atoms with E-state index in [-0.39, 0.29) is 36.5 Å². The molecule has 0 aromatic carbocycles. The van der Waals surface area contributed by atoms with Gasteiger partial charge in [0.1, 0.15) is 6.23 Å². The van der Waals surface area contributed by atoms with Crippen molar-refractivity contribution in [2.75, 3.05) is 26.2 Å². The largest absolute Gasteiger partial charge is 0.412 e. The highest BCUT2D eigenvalue weighted by molar-refractivity contribution is 5.85. The quantitative estimate of drug-likeness (QED) is 0.681. The standard InChI is InChI=1S/C8H18N2O2.2ClH.H2O/c1-7(12-8(2)11)10-5-3-9-4-6-10;;;/h7-9,11H,3-6H2,1-2H3;2*1H;1H2. The number of hydrogen-bond acceptors (Lipinski definition) is 4. The fourth-order valence-corrected chi connectivity index (χ4v) is 1.42. The molecule has 1 aliphatic heterocycles. The third kappa shape index (κ3) is 8.21. The van der Waals surface area contributed by atoms with Gasteiger partial charge in [-0.05, 0) is 13.8 Å². The second-order valence-electron chi connectivity index (χ2n) is 3.12. The van der Waals surface area contributed by atoms with Gasteiger partial charge in [0, 0.05) is 26.2 Å². The Labute approximate surface area is 103 Å². The Morgan fingerprint density at radius 3 is 2.07 bits per heavy atom. The molecule has 0 radical (unpaired) electrons. The predicted octanol–water partition coefficient (Wildman–Crippen LogP) is -0.389. The van der Waals surface area contributed by atoms with E-state index in [1.165, 1.54) is 0 Å². The van der Waals surface area contributed by atoms with Crippen molar-refractivity contribution >= 4 is 24.8 Å². The van der Waals surface area contributed by atoms with Gasteiger partial charge in [-0.3, -0.25) is 4.90 Å². The van der Waals surface area contributed by atoms with Crippen LogP contribution < -0.4 is 5.32 Å². The van der Waals surface area contributed by atoms with E-state index in [0.717, 1.165) is 26.2 Å². The van der Waals surface area contributed by atoms with Gasteiger partial charge >= 0.3 is 0 Å². The molecule has 2 atom stereocenters. The summed E-state index contributed by atoms with van der Waals surface area (Å²) < 4.78 is 5.24. The van der Waals surface area contributed by atoms with Crippen molar-refractivity contribution in [2.24, 2.45) is 0 Å². The summed E-state index contributed by atoms with van der Waals surface area (Å²) in [7, 11) is 0. The highest BCUT2D eigenvalue weighted by atomic mass is 35.5. The van der Waals surface area contributed by atoms with E-state index < -0.39 is 6.29 Å². The maximum absolute atomic E-state index is 8.99. The molecule has 15 heavy (non-hydrogen) atoms. The minimum absolute atomic E-state index is 0. The molecule has 0 aromatic heterocycles. The Kier molecular flexibility index (Phi) is 15.1. The Morgan fingerprint density at radius 1 is 1.20 bits per heavy atom. The molecule has 1 aliphatic rings. The molecule has 1 fully saturated rings. The van der Waals surface area contributed by atoms with Crippen LogP contribution in [0.1, 0.15) is 13.8 Å². The van der Waals surface area contributed by atoms with Gasteiger partial charge in [0.05, 0.1) is 0 Å².